The van der Waals surface area contributed by atoms with Crippen LogP contribution in [-0.4, -0.2) is 38.2 Å². The minimum atomic E-state index is -0.129. The molecule has 3 aromatic heterocycles. The van der Waals surface area contributed by atoms with E-state index in [1.807, 2.05) is 30.3 Å². The molecule has 0 aromatic carbocycles. The van der Waals surface area contributed by atoms with Gasteiger partial charge < -0.3 is 10.2 Å². The Kier molecular flexibility index (Phi) is 5.68. The number of hydrogen-bond acceptors (Lipinski definition) is 7. The number of thiazole rings is 2. The van der Waals surface area contributed by atoms with Crippen LogP contribution in [0.25, 0.3) is 0 Å². The first kappa shape index (κ1) is 19.7. The fourth-order valence-electron chi connectivity index (χ4n) is 3.51. The summed E-state index contributed by atoms with van der Waals surface area (Å²) in [6, 6.07) is 0. The second kappa shape index (κ2) is 8.38. The first-order valence-corrected chi connectivity index (χ1v) is 11.1. The Hall–Kier alpha value is -2.65. The molecule has 0 saturated carbocycles. The Morgan fingerprint density at radius 2 is 2.10 bits per heavy atom. The van der Waals surface area contributed by atoms with E-state index < -0.39 is 0 Å². The van der Waals surface area contributed by atoms with Crippen molar-refractivity contribution in [1.29, 1.82) is 0 Å². The lowest BCUT2D eigenvalue weighted by Gasteiger charge is -2.30. The molecule has 3 aromatic rings. The number of rotatable bonds is 5. The van der Waals surface area contributed by atoms with Crippen LogP contribution in [0.5, 0.6) is 0 Å². The van der Waals surface area contributed by atoms with Gasteiger partial charge in [-0.15, -0.1) is 22.7 Å². The third-order valence-electron chi connectivity index (χ3n) is 5.03. The fourth-order valence-corrected chi connectivity index (χ4v) is 4.66. The maximum Gasteiger partial charge on any atom is 0.263 e. The second-order valence-electron chi connectivity index (χ2n) is 6.97. The van der Waals surface area contributed by atoms with Crippen molar-refractivity contribution in [3.8, 4) is 0 Å². The van der Waals surface area contributed by atoms with Crippen LogP contribution in [0.15, 0.2) is 23.3 Å². The van der Waals surface area contributed by atoms with Gasteiger partial charge in [-0.2, -0.15) is 0 Å². The minimum Gasteiger partial charge on any atom is -0.347 e. The highest BCUT2D eigenvalue weighted by Gasteiger charge is 2.24. The Labute approximate surface area is 176 Å². The third-order valence-corrected chi connectivity index (χ3v) is 6.62. The molecule has 0 radical (unpaired) electrons. The van der Waals surface area contributed by atoms with Crippen LogP contribution >= 0.6 is 22.7 Å². The largest absolute Gasteiger partial charge is 0.347 e. The summed E-state index contributed by atoms with van der Waals surface area (Å²) in [6.07, 6.45) is 4.51. The first-order chi connectivity index (χ1) is 14.0. The van der Waals surface area contributed by atoms with Crippen molar-refractivity contribution in [2.24, 2.45) is 0 Å². The van der Waals surface area contributed by atoms with Gasteiger partial charge >= 0.3 is 0 Å². The van der Waals surface area contributed by atoms with Gasteiger partial charge in [-0.1, -0.05) is 0 Å². The van der Waals surface area contributed by atoms with Gasteiger partial charge in [0, 0.05) is 36.9 Å². The van der Waals surface area contributed by atoms with Crippen molar-refractivity contribution >= 4 is 34.5 Å². The Balaban J connectivity index is 1.45. The molecule has 0 saturated heterocycles. The van der Waals surface area contributed by atoms with Crippen LogP contribution in [0.4, 0.5) is 0 Å². The summed E-state index contributed by atoms with van der Waals surface area (Å²) in [7, 11) is 0. The van der Waals surface area contributed by atoms with Crippen LogP contribution in [0, 0.1) is 13.8 Å². The van der Waals surface area contributed by atoms with Crippen molar-refractivity contribution in [2.75, 3.05) is 6.54 Å². The second-order valence-corrected chi connectivity index (χ2v) is 8.92. The minimum absolute atomic E-state index is 0.0848. The van der Waals surface area contributed by atoms with E-state index in [9.17, 15) is 9.59 Å². The van der Waals surface area contributed by atoms with Crippen LogP contribution in [0.1, 0.15) is 42.8 Å². The Bertz CT molecular complexity index is 1050. The molecule has 0 atom stereocenters. The molecule has 1 aliphatic heterocycles. The molecule has 1 N–H and O–H groups in total. The van der Waals surface area contributed by atoms with E-state index in [0.29, 0.717) is 30.9 Å². The number of amides is 2. The lowest BCUT2D eigenvalue weighted by molar-refractivity contribution is -0.131. The number of aromatic nitrogens is 3. The van der Waals surface area contributed by atoms with Crippen LogP contribution in [0.2, 0.25) is 0 Å². The van der Waals surface area contributed by atoms with E-state index in [4.69, 9.17) is 0 Å². The number of nitrogens with one attached hydrogen (secondary N) is 1. The summed E-state index contributed by atoms with van der Waals surface area (Å²) in [5, 5.41) is 5.88. The summed E-state index contributed by atoms with van der Waals surface area (Å²) < 4.78 is 0. The first-order valence-electron chi connectivity index (χ1n) is 9.33. The molecule has 0 unspecified atom stereocenters. The van der Waals surface area contributed by atoms with E-state index in [0.717, 1.165) is 33.9 Å². The van der Waals surface area contributed by atoms with E-state index in [2.05, 4.69) is 20.3 Å². The number of pyridine rings is 1. The quantitative estimate of drug-likeness (QED) is 0.676. The number of carbonyl (C=O) groups excluding carboxylic acids is 2. The van der Waals surface area contributed by atoms with Crippen LogP contribution in [0.3, 0.4) is 0 Å². The Morgan fingerprint density at radius 1 is 1.24 bits per heavy atom. The van der Waals surface area contributed by atoms with Gasteiger partial charge in [0.1, 0.15) is 4.88 Å². The zero-order valence-corrected chi connectivity index (χ0v) is 17.9. The number of carbonyl (C=O) groups is 2. The van der Waals surface area contributed by atoms with Gasteiger partial charge in [-0.3, -0.25) is 19.6 Å². The molecule has 0 aliphatic carbocycles. The monoisotopic (exact) mass is 427 g/mol. The molecule has 9 heteroatoms. The predicted molar refractivity (Wildman–Crippen MR) is 112 cm³/mol. The number of aryl methyl sites for hydroxylation is 2. The number of nitrogens with zero attached hydrogens (tertiary/aromatic N) is 4. The van der Waals surface area contributed by atoms with E-state index >= 15 is 0 Å². The zero-order valence-electron chi connectivity index (χ0n) is 16.3. The average molecular weight is 428 g/mol. The molecule has 0 bridgehead atoms. The molecule has 4 rings (SSSR count). The SMILES string of the molecule is Cc1nc(CC(=O)N2CCc3c(cnc(C)c3CNC(=O)c3cncs3)C2)cs1. The fraction of sp³-hybridized carbons (Fsp3) is 0.350. The highest BCUT2D eigenvalue weighted by atomic mass is 32.1. The van der Waals surface area contributed by atoms with Gasteiger partial charge in [-0.05, 0) is 37.0 Å². The van der Waals surface area contributed by atoms with Gasteiger partial charge in [-0.25, -0.2) is 4.98 Å². The maximum atomic E-state index is 12.7. The molecule has 1 aliphatic rings. The van der Waals surface area contributed by atoms with E-state index in [-0.39, 0.29) is 11.8 Å². The van der Waals surface area contributed by atoms with E-state index in [1.165, 1.54) is 16.9 Å². The van der Waals surface area contributed by atoms with Crippen LogP contribution < -0.4 is 5.32 Å². The lowest BCUT2D eigenvalue weighted by atomic mass is 9.94. The average Bonchev–Trinajstić information content (AvgIpc) is 3.38. The predicted octanol–water partition coefficient (Wildman–Crippen LogP) is 2.67. The molecule has 4 heterocycles. The third kappa shape index (κ3) is 4.35. The van der Waals surface area contributed by atoms with Crippen molar-refractivity contribution in [3.63, 3.8) is 0 Å². The summed E-state index contributed by atoms with van der Waals surface area (Å²) in [4.78, 5) is 40.3. The maximum absolute atomic E-state index is 12.7. The smallest absolute Gasteiger partial charge is 0.263 e. The highest BCUT2D eigenvalue weighted by Crippen LogP contribution is 2.25. The van der Waals surface area contributed by atoms with Crippen LogP contribution in [-0.2, 0) is 30.7 Å². The highest BCUT2D eigenvalue weighted by molar-refractivity contribution is 7.11. The standard InChI is InChI=1S/C20H21N5O2S2/c1-12-17(7-23-20(27)18-8-21-11-29-18)16-3-4-25(9-14(16)6-22-12)19(26)5-15-10-28-13(2)24-15/h6,8,10-11H,3-5,7,9H2,1-2H3,(H,23,27). The molecular weight excluding hydrogens is 406 g/mol. The molecule has 0 fully saturated rings. The number of hydrogen-bond donors (Lipinski definition) is 1. The van der Waals surface area contributed by atoms with Gasteiger partial charge in [0.25, 0.3) is 5.91 Å². The Morgan fingerprint density at radius 3 is 2.83 bits per heavy atom. The topological polar surface area (TPSA) is 88.1 Å². The molecule has 150 valence electrons. The van der Waals surface area contributed by atoms with Gasteiger partial charge in [0.2, 0.25) is 5.91 Å². The van der Waals surface area contributed by atoms with Gasteiger partial charge in [0.05, 0.1) is 28.8 Å². The molecule has 29 heavy (non-hydrogen) atoms. The lowest BCUT2D eigenvalue weighted by Crippen LogP contribution is -2.38. The summed E-state index contributed by atoms with van der Waals surface area (Å²) in [5.41, 5.74) is 6.66. The molecule has 0 spiro atoms. The van der Waals surface area contributed by atoms with Crippen molar-refractivity contribution in [2.45, 2.75) is 39.8 Å². The number of fused-ring (bicyclic) bond motifs is 1. The summed E-state index contributed by atoms with van der Waals surface area (Å²) in [5.74, 6) is -0.0442. The molecule has 2 amide bonds. The molecule has 7 nitrogen and oxygen atoms in total. The molecular formula is C20H21N5O2S2. The van der Waals surface area contributed by atoms with Crippen molar-refractivity contribution in [3.05, 3.63) is 61.2 Å². The van der Waals surface area contributed by atoms with Gasteiger partial charge in [0.15, 0.2) is 0 Å². The normalized spacial score (nSPS) is 13.2. The zero-order chi connectivity index (χ0) is 20.4. The van der Waals surface area contributed by atoms with E-state index in [1.54, 1.807) is 23.0 Å². The van der Waals surface area contributed by atoms with Crippen molar-refractivity contribution < 1.29 is 9.59 Å². The van der Waals surface area contributed by atoms with Crippen molar-refractivity contribution in [1.82, 2.24) is 25.2 Å². The summed E-state index contributed by atoms with van der Waals surface area (Å²) in [6.45, 7) is 5.52. The summed E-state index contributed by atoms with van der Waals surface area (Å²) >= 11 is 2.88.